The molecule has 166 valence electrons. The lowest BCUT2D eigenvalue weighted by Gasteiger charge is -2.21. The zero-order chi connectivity index (χ0) is 22.6. The molecular formula is C17H32N6O6. The summed E-state index contributed by atoms with van der Waals surface area (Å²) >= 11 is 0. The number of aliphatic hydroxyl groups excluding tert-OH is 1. The standard InChI is InChI=1S/C17H32N6O6/c1-9(2)8-29-17(28)23-12(7-24)15(27)22-11(5-4-6-21-16(19)20)14(26)13(25)10(3)18/h9-12,24H,4-8,18H2,1-3H3,(H,22,27)(H,23,28)(H4,19,20,21)/t10-,11-,12+/m0/s1. The van der Waals surface area contributed by atoms with Crippen LogP contribution in [0.1, 0.15) is 33.6 Å². The van der Waals surface area contributed by atoms with Crippen molar-refractivity contribution in [2.75, 3.05) is 19.8 Å². The highest BCUT2D eigenvalue weighted by Crippen LogP contribution is 2.03. The molecule has 0 aromatic heterocycles. The fourth-order valence-electron chi connectivity index (χ4n) is 2.06. The van der Waals surface area contributed by atoms with Crippen molar-refractivity contribution in [3.63, 3.8) is 0 Å². The highest BCUT2D eigenvalue weighted by Gasteiger charge is 2.31. The maximum atomic E-state index is 12.4. The van der Waals surface area contributed by atoms with E-state index in [-0.39, 0.29) is 37.9 Å². The minimum absolute atomic E-state index is 0.0513. The van der Waals surface area contributed by atoms with Crippen LogP contribution >= 0.6 is 0 Å². The van der Waals surface area contributed by atoms with Gasteiger partial charge in [0.1, 0.15) is 6.04 Å². The highest BCUT2D eigenvalue weighted by atomic mass is 16.5. The Hall–Kier alpha value is -2.73. The first-order valence-corrected chi connectivity index (χ1v) is 9.23. The number of nitrogens with zero attached hydrogens (tertiary/aromatic N) is 1. The molecule has 0 spiro atoms. The molecule has 0 saturated carbocycles. The predicted octanol–water partition coefficient (Wildman–Crippen LogP) is -2.25. The summed E-state index contributed by atoms with van der Waals surface area (Å²) in [6.45, 7) is 4.58. The van der Waals surface area contributed by atoms with E-state index in [0.717, 1.165) is 0 Å². The SMILES string of the molecule is CC(C)COC(=O)N[C@H](CO)C(=O)N[C@@H](CCCN=C(N)N)C(=O)C(=O)[C@H](C)N. The molecule has 0 rings (SSSR count). The van der Waals surface area contributed by atoms with Gasteiger partial charge in [-0.2, -0.15) is 0 Å². The number of carbonyl (C=O) groups excluding carboxylic acids is 4. The number of Topliss-reactive ketones (excluding diaryl/α,β-unsaturated/α-hetero) is 2. The first kappa shape index (κ1) is 26.3. The maximum absolute atomic E-state index is 12.4. The quantitative estimate of drug-likeness (QED) is 0.0827. The van der Waals surface area contributed by atoms with E-state index in [1.807, 2.05) is 13.8 Å². The second kappa shape index (κ2) is 13.4. The molecule has 29 heavy (non-hydrogen) atoms. The third-order valence-electron chi connectivity index (χ3n) is 3.57. The number of rotatable bonds is 13. The molecule has 9 N–H and O–H groups in total. The molecular weight excluding hydrogens is 384 g/mol. The number of guanidine groups is 1. The summed E-state index contributed by atoms with van der Waals surface area (Å²) in [5.74, 6) is -2.66. The van der Waals surface area contributed by atoms with Gasteiger partial charge < -0.3 is 37.7 Å². The van der Waals surface area contributed by atoms with Crippen molar-refractivity contribution in [3.05, 3.63) is 0 Å². The molecule has 0 aliphatic rings. The molecule has 3 atom stereocenters. The van der Waals surface area contributed by atoms with Crippen LogP contribution in [-0.2, 0) is 19.1 Å². The van der Waals surface area contributed by atoms with E-state index in [0.29, 0.717) is 0 Å². The normalized spacial score (nSPS) is 13.7. The summed E-state index contributed by atoms with van der Waals surface area (Å²) in [6.07, 6.45) is -0.556. The molecule has 0 aromatic carbocycles. The summed E-state index contributed by atoms with van der Waals surface area (Å²) in [6, 6.07) is -3.62. The van der Waals surface area contributed by atoms with Crippen LogP contribution in [0.3, 0.4) is 0 Å². The number of amides is 2. The lowest BCUT2D eigenvalue weighted by atomic mass is 9.99. The molecule has 0 fully saturated rings. The second-order valence-corrected chi connectivity index (χ2v) is 6.90. The summed E-state index contributed by atoms with van der Waals surface area (Å²) < 4.78 is 4.89. The monoisotopic (exact) mass is 416 g/mol. The van der Waals surface area contributed by atoms with Gasteiger partial charge in [0.2, 0.25) is 17.5 Å². The number of nitrogens with two attached hydrogens (primary N) is 3. The van der Waals surface area contributed by atoms with Gasteiger partial charge in [-0.3, -0.25) is 19.4 Å². The minimum atomic E-state index is -1.37. The Morgan fingerprint density at radius 2 is 1.66 bits per heavy atom. The van der Waals surface area contributed by atoms with Crippen molar-refractivity contribution >= 4 is 29.5 Å². The number of aliphatic imine (C=N–C) groups is 1. The number of nitrogens with one attached hydrogen (secondary N) is 2. The number of carbonyl (C=O) groups is 4. The van der Waals surface area contributed by atoms with E-state index in [1.165, 1.54) is 6.92 Å². The molecule has 2 amide bonds. The van der Waals surface area contributed by atoms with E-state index >= 15 is 0 Å². The van der Waals surface area contributed by atoms with Crippen molar-refractivity contribution in [3.8, 4) is 0 Å². The predicted molar refractivity (Wildman–Crippen MR) is 106 cm³/mol. The topological polar surface area (TPSA) is 212 Å². The fourth-order valence-corrected chi connectivity index (χ4v) is 2.06. The molecule has 0 aliphatic carbocycles. The molecule has 0 aliphatic heterocycles. The Balaban J connectivity index is 5.08. The lowest BCUT2D eigenvalue weighted by molar-refractivity contribution is -0.139. The fraction of sp³-hybridized carbons (Fsp3) is 0.706. The van der Waals surface area contributed by atoms with Gasteiger partial charge in [-0.05, 0) is 25.7 Å². The first-order chi connectivity index (χ1) is 13.5. The average molecular weight is 416 g/mol. The molecule has 0 radical (unpaired) electrons. The van der Waals surface area contributed by atoms with Gasteiger partial charge in [-0.1, -0.05) is 13.8 Å². The average Bonchev–Trinajstić information content (AvgIpc) is 2.64. The van der Waals surface area contributed by atoms with Gasteiger partial charge >= 0.3 is 6.09 Å². The maximum Gasteiger partial charge on any atom is 0.407 e. The van der Waals surface area contributed by atoms with Crippen LogP contribution < -0.4 is 27.8 Å². The van der Waals surface area contributed by atoms with Crippen LogP contribution in [0.5, 0.6) is 0 Å². The van der Waals surface area contributed by atoms with Crippen LogP contribution in [-0.4, -0.2) is 72.5 Å². The molecule has 12 heteroatoms. The van der Waals surface area contributed by atoms with Crippen LogP contribution in [0.4, 0.5) is 4.79 Å². The van der Waals surface area contributed by atoms with E-state index < -0.39 is 48.3 Å². The zero-order valence-electron chi connectivity index (χ0n) is 17.0. The molecule has 0 unspecified atom stereocenters. The van der Waals surface area contributed by atoms with Gasteiger partial charge in [0, 0.05) is 6.54 Å². The van der Waals surface area contributed by atoms with E-state index in [1.54, 1.807) is 0 Å². The summed E-state index contributed by atoms with van der Waals surface area (Å²) in [5.41, 5.74) is 15.9. The van der Waals surface area contributed by atoms with Crippen molar-refractivity contribution in [1.29, 1.82) is 0 Å². The largest absolute Gasteiger partial charge is 0.449 e. The number of ketones is 2. The number of alkyl carbamates (subject to hydrolysis) is 1. The van der Waals surface area contributed by atoms with Crippen molar-refractivity contribution in [1.82, 2.24) is 10.6 Å². The molecule has 0 aromatic rings. The Bertz CT molecular complexity index is 603. The third-order valence-corrected chi connectivity index (χ3v) is 3.57. The lowest BCUT2D eigenvalue weighted by Crippen LogP contribution is -2.55. The number of ether oxygens (including phenoxy) is 1. The Morgan fingerprint density at radius 1 is 1.03 bits per heavy atom. The van der Waals surface area contributed by atoms with E-state index in [9.17, 15) is 24.3 Å². The number of aliphatic hydroxyl groups is 1. The van der Waals surface area contributed by atoms with Crippen molar-refractivity contribution in [2.24, 2.45) is 28.1 Å². The number of hydrogen-bond acceptors (Lipinski definition) is 8. The third kappa shape index (κ3) is 11.0. The smallest absolute Gasteiger partial charge is 0.407 e. The van der Waals surface area contributed by atoms with Gasteiger partial charge in [-0.25, -0.2) is 4.79 Å². The van der Waals surface area contributed by atoms with Crippen LogP contribution in [0.15, 0.2) is 4.99 Å². The minimum Gasteiger partial charge on any atom is -0.449 e. The Morgan fingerprint density at radius 3 is 2.14 bits per heavy atom. The van der Waals surface area contributed by atoms with Crippen LogP contribution in [0.2, 0.25) is 0 Å². The zero-order valence-corrected chi connectivity index (χ0v) is 17.0. The Labute approximate surface area is 169 Å². The second-order valence-electron chi connectivity index (χ2n) is 6.90. The van der Waals surface area contributed by atoms with Gasteiger partial charge in [0.05, 0.1) is 25.3 Å². The molecule has 12 nitrogen and oxygen atoms in total. The van der Waals surface area contributed by atoms with Gasteiger partial charge in [0.15, 0.2) is 5.96 Å². The summed E-state index contributed by atoms with van der Waals surface area (Å²) in [4.78, 5) is 52.2. The van der Waals surface area contributed by atoms with E-state index in [4.69, 9.17) is 21.9 Å². The van der Waals surface area contributed by atoms with Crippen LogP contribution in [0.25, 0.3) is 0 Å². The van der Waals surface area contributed by atoms with Crippen LogP contribution in [0, 0.1) is 5.92 Å². The molecule has 0 heterocycles. The van der Waals surface area contributed by atoms with E-state index in [2.05, 4.69) is 15.6 Å². The van der Waals surface area contributed by atoms with Crippen molar-refractivity contribution in [2.45, 2.75) is 51.7 Å². The summed E-state index contributed by atoms with van der Waals surface area (Å²) in [7, 11) is 0. The van der Waals surface area contributed by atoms with Gasteiger partial charge in [0.25, 0.3) is 0 Å². The van der Waals surface area contributed by atoms with Gasteiger partial charge in [-0.15, -0.1) is 0 Å². The molecule has 0 bridgehead atoms. The molecule has 0 saturated heterocycles. The summed E-state index contributed by atoms with van der Waals surface area (Å²) in [5, 5.41) is 14.0. The highest BCUT2D eigenvalue weighted by molar-refractivity contribution is 6.41. The Kier molecular flexibility index (Phi) is 12.2. The van der Waals surface area contributed by atoms with Crippen molar-refractivity contribution < 1.29 is 29.0 Å². The first-order valence-electron chi connectivity index (χ1n) is 9.23. The number of hydrogen-bond donors (Lipinski definition) is 6.